The summed E-state index contributed by atoms with van der Waals surface area (Å²) in [6, 6.07) is 0. The fourth-order valence-electron chi connectivity index (χ4n) is 2.54. The number of hydrogen-bond acceptors (Lipinski definition) is 2. The van der Waals surface area contributed by atoms with Crippen LogP contribution in [0.2, 0.25) is 0 Å². The first-order valence-corrected chi connectivity index (χ1v) is 8.33. The molecule has 1 unspecified atom stereocenters. The van der Waals surface area contributed by atoms with E-state index in [1.54, 1.807) is 8.61 Å². The Kier molecular flexibility index (Phi) is 4.69. The summed E-state index contributed by atoms with van der Waals surface area (Å²) in [6.45, 7) is 2.44. The molecule has 0 amide bonds. The first-order valence-electron chi connectivity index (χ1n) is 6.50. The van der Waals surface area contributed by atoms with Gasteiger partial charge in [0.05, 0.1) is 0 Å². The fourth-order valence-corrected chi connectivity index (χ4v) is 4.72. The Morgan fingerprint density at radius 2 is 1.47 bits per heavy atom. The monoisotopic (exact) mass is 280 g/mol. The summed E-state index contributed by atoms with van der Waals surface area (Å²) in [4.78, 5) is 0. The van der Waals surface area contributed by atoms with Gasteiger partial charge in [0.2, 0.25) is 0 Å². The lowest BCUT2D eigenvalue weighted by Gasteiger charge is -2.33. The molecular formula is C11H21ClN2O2S. The number of alkyl halides is 1. The average molecular weight is 281 g/mol. The minimum Gasteiger partial charge on any atom is -0.195 e. The van der Waals surface area contributed by atoms with Crippen LogP contribution in [-0.2, 0) is 10.2 Å². The second-order valence-corrected chi connectivity index (χ2v) is 7.46. The van der Waals surface area contributed by atoms with Gasteiger partial charge < -0.3 is 0 Å². The number of hydrogen-bond donors (Lipinski definition) is 0. The Balaban J connectivity index is 2.05. The first-order chi connectivity index (χ1) is 8.10. The van der Waals surface area contributed by atoms with Gasteiger partial charge in [-0.2, -0.15) is 17.0 Å². The molecule has 17 heavy (non-hydrogen) atoms. The zero-order valence-corrected chi connectivity index (χ0v) is 11.7. The van der Waals surface area contributed by atoms with Gasteiger partial charge in [-0.05, 0) is 25.7 Å². The minimum atomic E-state index is -3.26. The molecule has 2 fully saturated rings. The van der Waals surface area contributed by atoms with Crippen LogP contribution in [0.4, 0.5) is 0 Å². The molecule has 0 aromatic rings. The molecule has 0 N–H and O–H groups in total. The second kappa shape index (κ2) is 5.87. The van der Waals surface area contributed by atoms with E-state index >= 15 is 0 Å². The highest BCUT2D eigenvalue weighted by Crippen LogP contribution is 2.22. The maximum Gasteiger partial charge on any atom is 0.282 e. The predicted octanol–water partition coefficient (Wildman–Crippen LogP) is 1.81. The zero-order valence-electron chi connectivity index (χ0n) is 10.1. The van der Waals surface area contributed by atoms with Crippen molar-refractivity contribution in [1.29, 1.82) is 0 Å². The summed E-state index contributed by atoms with van der Waals surface area (Å²) < 4.78 is 28.1. The van der Waals surface area contributed by atoms with E-state index in [2.05, 4.69) is 0 Å². The Morgan fingerprint density at radius 1 is 0.882 bits per heavy atom. The molecule has 0 saturated carbocycles. The van der Waals surface area contributed by atoms with Crippen molar-refractivity contribution in [3.05, 3.63) is 0 Å². The summed E-state index contributed by atoms with van der Waals surface area (Å²) in [6.07, 6.45) is 6.05. The van der Waals surface area contributed by atoms with Crippen molar-refractivity contribution in [1.82, 2.24) is 8.61 Å². The standard InChI is InChI=1S/C11H21ClN2O2S/c12-11-6-5-9-14(10-11)17(15,16)13-7-3-1-2-4-8-13/h11H,1-10H2. The van der Waals surface area contributed by atoms with Crippen molar-refractivity contribution in [3.8, 4) is 0 Å². The molecule has 0 aromatic heterocycles. The number of piperidine rings is 1. The van der Waals surface area contributed by atoms with E-state index < -0.39 is 10.2 Å². The van der Waals surface area contributed by atoms with Crippen molar-refractivity contribution >= 4 is 21.8 Å². The maximum atomic E-state index is 12.4. The molecule has 4 nitrogen and oxygen atoms in total. The van der Waals surface area contributed by atoms with Crippen LogP contribution in [0.25, 0.3) is 0 Å². The normalized spacial score (nSPS) is 30.1. The van der Waals surface area contributed by atoms with Gasteiger partial charge in [-0.3, -0.25) is 0 Å². The topological polar surface area (TPSA) is 40.6 Å². The van der Waals surface area contributed by atoms with E-state index in [1.807, 2.05) is 0 Å². The zero-order chi connectivity index (χ0) is 12.3. The minimum absolute atomic E-state index is 0.0227. The van der Waals surface area contributed by atoms with Crippen LogP contribution in [0.15, 0.2) is 0 Å². The molecule has 2 rings (SSSR count). The van der Waals surface area contributed by atoms with E-state index in [4.69, 9.17) is 11.6 Å². The van der Waals surface area contributed by atoms with Crippen molar-refractivity contribution in [2.75, 3.05) is 26.2 Å². The molecule has 0 spiro atoms. The van der Waals surface area contributed by atoms with Crippen molar-refractivity contribution in [3.63, 3.8) is 0 Å². The Labute approximate surface area is 109 Å². The molecule has 100 valence electrons. The highest BCUT2D eigenvalue weighted by molar-refractivity contribution is 7.86. The highest BCUT2D eigenvalue weighted by atomic mass is 35.5. The van der Waals surface area contributed by atoms with Gasteiger partial charge >= 0.3 is 0 Å². The van der Waals surface area contributed by atoms with E-state index in [-0.39, 0.29) is 5.38 Å². The van der Waals surface area contributed by atoms with Crippen molar-refractivity contribution in [2.24, 2.45) is 0 Å². The van der Waals surface area contributed by atoms with Gasteiger partial charge in [-0.25, -0.2) is 0 Å². The number of halogens is 1. The van der Waals surface area contributed by atoms with Crippen molar-refractivity contribution < 1.29 is 8.42 Å². The summed E-state index contributed by atoms with van der Waals surface area (Å²) in [5.74, 6) is 0. The predicted molar refractivity (Wildman–Crippen MR) is 69.4 cm³/mol. The van der Waals surface area contributed by atoms with Gasteiger partial charge in [0.15, 0.2) is 0 Å². The van der Waals surface area contributed by atoms with Gasteiger partial charge in [-0.1, -0.05) is 12.8 Å². The summed E-state index contributed by atoms with van der Waals surface area (Å²) in [5.41, 5.74) is 0. The van der Waals surface area contributed by atoms with E-state index in [9.17, 15) is 8.42 Å². The van der Waals surface area contributed by atoms with Gasteiger partial charge in [0.1, 0.15) is 0 Å². The Hall–Kier alpha value is 0.160. The molecule has 2 heterocycles. The molecule has 2 aliphatic heterocycles. The SMILES string of the molecule is O=S(=O)(N1CCCCCC1)N1CCCC(Cl)C1. The quantitative estimate of drug-likeness (QED) is 0.724. The lowest BCUT2D eigenvalue weighted by atomic mass is 10.2. The van der Waals surface area contributed by atoms with E-state index in [1.165, 1.54) is 0 Å². The largest absolute Gasteiger partial charge is 0.282 e. The van der Waals surface area contributed by atoms with Crippen LogP contribution in [0.1, 0.15) is 38.5 Å². The van der Waals surface area contributed by atoms with Gasteiger partial charge in [-0.15, -0.1) is 11.6 Å². The molecule has 0 aliphatic carbocycles. The highest BCUT2D eigenvalue weighted by Gasteiger charge is 2.33. The molecule has 6 heteroatoms. The third-order valence-electron chi connectivity index (χ3n) is 3.54. The average Bonchev–Trinajstić information content (AvgIpc) is 2.58. The molecule has 1 atom stereocenters. The smallest absolute Gasteiger partial charge is 0.195 e. The molecule has 0 aromatic carbocycles. The third-order valence-corrected chi connectivity index (χ3v) is 5.90. The molecule has 2 aliphatic rings. The fraction of sp³-hybridized carbons (Fsp3) is 1.00. The molecule has 0 radical (unpaired) electrons. The van der Waals surface area contributed by atoms with E-state index in [0.29, 0.717) is 26.2 Å². The Morgan fingerprint density at radius 3 is 2.06 bits per heavy atom. The molecule has 0 bridgehead atoms. The van der Waals surface area contributed by atoms with E-state index in [0.717, 1.165) is 38.5 Å². The molecule has 2 saturated heterocycles. The van der Waals surface area contributed by atoms with Gasteiger partial charge in [0.25, 0.3) is 10.2 Å². The van der Waals surface area contributed by atoms with Crippen LogP contribution in [0, 0.1) is 0 Å². The Bertz CT molecular complexity index is 331. The first kappa shape index (κ1) is 13.6. The van der Waals surface area contributed by atoms with Gasteiger partial charge in [0, 0.05) is 31.6 Å². The van der Waals surface area contributed by atoms with Crippen LogP contribution in [0.5, 0.6) is 0 Å². The van der Waals surface area contributed by atoms with Crippen LogP contribution < -0.4 is 0 Å². The van der Waals surface area contributed by atoms with Crippen LogP contribution in [0.3, 0.4) is 0 Å². The van der Waals surface area contributed by atoms with Crippen LogP contribution in [-0.4, -0.2) is 48.6 Å². The van der Waals surface area contributed by atoms with Crippen molar-refractivity contribution in [2.45, 2.75) is 43.9 Å². The summed E-state index contributed by atoms with van der Waals surface area (Å²) >= 11 is 6.06. The molecular weight excluding hydrogens is 260 g/mol. The third kappa shape index (κ3) is 3.34. The lowest BCUT2D eigenvalue weighted by Crippen LogP contribution is -2.48. The maximum absolute atomic E-state index is 12.4. The second-order valence-electron chi connectivity index (χ2n) is 4.92. The summed E-state index contributed by atoms with van der Waals surface area (Å²) in [7, 11) is -3.26. The number of rotatable bonds is 2. The lowest BCUT2D eigenvalue weighted by molar-refractivity contribution is 0.307. The van der Waals surface area contributed by atoms with Crippen LogP contribution >= 0.6 is 11.6 Å². The number of nitrogens with zero attached hydrogens (tertiary/aromatic N) is 2. The summed E-state index contributed by atoms with van der Waals surface area (Å²) in [5, 5.41) is -0.0227.